The Balaban J connectivity index is 3.22. The van der Waals surface area contributed by atoms with Gasteiger partial charge in [-0.05, 0) is 12.2 Å². The Hall–Kier alpha value is -1.30. The van der Waals surface area contributed by atoms with Gasteiger partial charge in [0.2, 0.25) is 5.60 Å². The summed E-state index contributed by atoms with van der Waals surface area (Å²) in [6.45, 7) is 0. The minimum absolute atomic E-state index is 0.196. The molecule has 0 fully saturated rings. The molecule has 2 atom stereocenters. The number of hydrogen-bond acceptors (Lipinski definition) is 4. The summed E-state index contributed by atoms with van der Waals surface area (Å²) in [5, 5.41) is 36.0. The molecule has 2 N–H and O–H groups in total. The van der Waals surface area contributed by atoms with Crippen molar-refractivity contribution in [1.82, 2.24) is 0 Å². The quantitative estimate of drug-likeness (QED) is 0.487. The number of aliphatic hydroxyl groups excluding tert-OH is 1. The predicted octanol–water partition coefficient (Wildman–Crippen LogP) is 0.910. The summed E-state index contributed by atoms with van der Waals surface area (Å²) < 4.78 is 0. The lowest BCUT2D eigenvalue weighted by Crippen LogP contribution is -2.41. The van der Waals surface area contributed by atoms with E-state index in [1.54, 1.807) is 6.07 Å². The molecule has 4 nitrogen and oxygen atoms in total. The zero-order valence-electron chi connectivity index (χ0n) is 6.40. The van der Waals surface area contributed by atoms with Crippen molar-refractivity contribution in [3.63, 3.8) is 0 Å². The summed E-state index contributed by atoms with van der Waals surface area (Å²) in [5.41, 5.74) is -1.85. The molecule has 0 aromatic carbocycles. The van der Waals surface area contributed by atoms with Crippen LogP contribution in [0.4, 0.5) is 0 Å². The van der Waals surface area contributed by atoms with E-state index in [0.717, 1.165) is 6.08 Å². The van der Waals surface area contributed by atoms with Gasteiger partial charge in [-0.15, -0.1) is 0 Å². The van der Waals surface area contributed by atoms with E-state index in [0.29, 0.717) is 0 Å². The smallest absolute Gasteiger partial charge is 0.226 e. The molecule has 0 saturated heterocycles. The lowest BCUT2D eigenvalue weighted by atomic mass is 9.90. The molecule has 1 aliphatic carbocycles. The first-order chi connectivity index (χ1) is 6.06. The lowest BCUT2D eigenvalue weighted by molar-refractivity contribution is 0.0932. The van der Waals surface area contributed by atoms with Gasteiger partial charge in [0, 0.05) is 5.57 Å². The second kappa shape index (κ2) is 3.21. The van der Waals surface area contributed by atoms with E-state index in [-0.39, 0.29) is 5.57 Å². The van der Waals surface area contributed by atoms with Crippen LogP contribution in [0.5, 0.6) is 0 Å². The molecule has 0 aromatic rings. The van der Waals surface area contributed by atoms with E-state index in [9.17, 15) is 10.2 Å². The third-order valence-corrected chi connectivity index (χ3v) is 2.91. The monoisotopic (exact) mass is 240 g/mol. The molecule has 0 bridgehead atoms. The first kappa shape index (κ1) is 9.79. The zero-order valence-corrected chi connectivity index (χ0v) is 7.98. The Morgan fingerprint density at radius 1 is 1.46 bits per heavy atom. The average molecular weight is 241 g/mol. The molecule has 13 heavy (non-hydrogen) atoms. The van der Waals surface area contributed by atoms with E-state index in [1.807, 2.05) is 6.07 Å². The van der Waals surface area contributed by atoms with Gasteiger partial charge in [-0.2, -0.15) is 10.5 Å². The summed E-state index contributed by atoms with van der Waals surface area (Å²) in [4.78, 5) is -0.889. The molecule has 1 aliphatic rings. The number of hydrogen-bond donors (Lipinski definition) is 2. The van der Waals surface area contributed by atoms with Crippen molar-refractivity contribution in [2.45, 2.75) is 10.4 Å². The second-order valence-corrected chi connectivity index (χ2v) is 3.44. The second-order valence-electron chi connectivity index (χ2n) is 2.53. The fourth-order valence-electron chi connectivity index (χ4n) is 0.943. The third-order valence-electron chi connectivity index (χ3n) is 1.75. The average Bonchev–Trinajstić information content (AvgIpc) is 2.15. The molecule has 5 heteroatoms. The summed E-state index contributed by atoms with van der Waals surface area (Å²) in [5.74, 6) is -0.462. The van der Waals surface area contributed by atoms with Crippen LogP contribution in [0.25, 0.3) is 0 Å². The molecular formula is C8H5BrN2O2. The number of halogens is 1. The van der Waals surface area contributed by atoms with Crippen LogP contribution < -0.4 is 0 Å². The number of rotatable bonds is 0. The van der Waals surface area contributed by atoms with Gasteiger partial charge >= 0.3 is 0 Å². The number of nitriles is 2. The Morgan fingerprint density at radius 3 is 2.54 bits per heavy atom. The molecule has 0 aromatic heterocycles. The van der Waals surface area contributed by atoms with Crippen LogP contribution in [0, 0.1) is 22.7 Å². The van der Waals surface area contributed by atoms with Gasteiger partial charge in [0.15, 0.2) is 0 Å². The normalized spacial score (nSPS) is 32.5. The largest absolute Gasteiger partial charge is 0.508 e. The van der Waals surface area contributed by atoms with Gasteiger partial charge in [-0.25, -0.2) is 0 Å². The lowest BCUT2D eigenvalue weighted by Gasteiger charge is -2.27. The van der Waals surface area contributed by atoms with Gasteiger partial charge in [0.05, 0.1) is 10.9 Å². The fraction of sp³-hybridized carbons (Fsp3) is 0.250. The van der Waals surface area contributed by atoms with Crippen LogP contribution in [-0.4, -0.2) is 20.6 Å². The van der Waals surface area contributed by atoms with E-state index < -0.39 is 16.2 Å². The molecule has 0 aliphatic heterocycles. The van der Waals surface area contributed by atoms with Crippen LogP contribution in [0.3, 0.4) is 0 Å². The molecular weight excluding hydrogens is 236 g/mol. The molecule has 0 radical (unpaired) electrons. The maximum atomic E-state index is 9.60. The molecule has 0 heterocycles. The Bertz CT molecular complexity index is 375. The highest BCUT2D eigenvalue weighted by atomic mass is 79.9. The van der Waals surface area contributed by atoms with Crippen molar-refractivity contribution in [2.24, 2.45) is 0 Å². The van der Waals surface area contributed by atoms with Crippen molar-refractivity contribution in [2.75, 3.05) is 0 Å². The summed E-state index contributed by atoms with van der Waals surface area (Å²) in [6.07, 6.45) is 2.49. The number of aliphatic hydroxyl groups is 2. The van der Waals surface area contributed by atoms with Crippen LogP contribution in [0.15, 0.2) is 23.5 Å². The predicted molar refractivity (Wildman–Crippen MR) is 47.7 cm³/mol. The van der Waals surface area contributed by atoms with Crippen LogP contribution in [0.1, 0.15) is 0 Å². The van der Waals surface area contributed by atoms with Gasteiger partial charge in [0.1, 0.15) is 11.8 Å². The molecule has 1 rings (SSSR count). The van der Waals surface area contributed by atoms with E-state index in [2.05, 4.69) is 15.9 Å². The molecule has 2 unspecified atom stereocenters. The molecule has 66 valence electrons. The SMILES string of the molecule is N#CC1=CC=C(O)C(O)(C#N)C1Br. The van der Waals surface area contributed by atoms with Crippen LogP contribution in [-0.2, 0) is 0 Å². The highest BCUT2D eigenvalue weighted by Gasteiger charge is 2.43. The molecule has 0 amide bonds. The summed E-state index contributed by atoms with van der Waals surface area (Å²) in [6, 6.07) is 3.35. The van der Waals surface area contributed by atoms with Crippen molar-refractivity contribution >= 4 is 15.9 Å². The van der Waals surface area contributed by atoms with Crippen LogP contribution >= 0.6 is 15.9 Å². The minimum Gasteiger partial charge on any atom is -0.508 e. The molecule has 0 spiro atoms. The Kier molecular flexibility index (Phi) is 2.42. The summed E-state index contributed by atoms with van der Waals surface area (Å²) in [7, 11) is 0. The van der Waals surface area contributed by atoms with Crippen molar-refractivity contribution in [3.05, 3.63) is 23.5 Å². The van der Waals surface area contributed by atoms with E-state index >= 15 is 0 Å². The molecule has 0 saturated carbocycles. The number of nitrogens with zero attached hydrogens (tertiary/aromatic N) is 2. The standard InChI is InChI=1S/C8H5BrN2O2/c9-7-5(3-10)1-2-6(12)8(7,13)4-11/h1-2,7,12-13H. The third kappa shape index (κ3) is 1.33. The van der Waals surface area contributed by atoms with Gasteiger partial charge in [0.25, 0.3) is 0 Å². The zero-order chi connectivity index (χ0) is 10.1. The van der Waals surface area contributed by atoms with Crippen molar-refractivity contribution in [3.8, 4) is 12.1 Å². The maximum Gasteiger partial charge on any atom is 0.226 e. The fourth-order valence-corrected chi connectivity index (χ4v) is 1.53. The minimum atomic E-state index is -2.04. The Morgan fingerprint density at radius 2 is 2.08 bits per heavy atom. The van der Waals surface area contributed by atoms with Crippen LogP contribution in [0.2, 0.25) is 0 Å². The van der Waals surface area contributed by atoms with Gasteiger partial charge < -0.3 is 10.2 Å². The number of alkyl halides is 1. The first-order valence-electron chi connectivity index (χ1n) is 3.35. The van der Waals surface area contributed by atoms with Gasteiger partial charge in [-0.1, -0.05) is 15.9 Å². The van der Waals surface area contributed by atoms with Crippen molar-refractivity contribution < 1.29 is 10.2 Å². The highest BCUT2D eigenvalue weighted by molar-refractivity contribution is 9.09. The van der Waals surface area contributed by atoms with Gasteiger partial charge in [-0.3, -0.25) is 0 Å². The maximum absolute atomic E-state index is 9.60. The topological polar surface area (TPSA) is 88.0 Å². The summed E-state index contributed by atoms with van der Waals surface area (Å²) >= 11 is 2.97. The van der Waals surface area contributed by atoms with E-state index in [4.69, 9.17) is 10.5 Å². The van der Waals surface area contributed by atoms with Crippen molar-refractivity contribution in [1.29, 1.82) is 10.5 Å². The van der Waals surface area contributed by atoms with E-state index in [1.165, 1.54) is 6.08 Å². The highest BCUT2D eigenvalue weighted by Crippen LogP contribution is 2.33. The number of allylic oxidation sites excluding steroid dienone is 2. The first-order valence-corrected chi connectivity index (χ1v) is 4.27. The Labute approximate surface area is 83.1 Å².